The van der Waals surface area contributed by atoms with E-state index in [9.17, 15) is 76.7 Å². The predicted octanol–water partition coefficient (Wildman–Crippen LogP) is 16.3. The van der Waals surface area contributed by atoms with E-state index in [2.05, 4.69) is 14.2 Å². The first kappa shape index (κ1) is 172. The Kier molecular flexibility index (Phi) is 117. The number of aliphatic hydroxyl groups excluding tert-OH is 8. The van der Waals surface area contributed by atoms with Gasteiger partial charge in [-0.3, -0.25) is 38.4 Å². The average Bonchev–Trinajstić information content (AvgIpc) is 0.881. The van der Waals surface area contributed by atoms with E-state index >= 15 is 0 Å². The van der Waals surface area contributed by atoms with Crippen molar-refractivity contribution in [2.24, 2.45) is 81.8 Å². The van der Waals surface area contributed by atoms with Crippen LogP contribution in [-0.2, 0) is 153 Å². The van der Waals surface area contributed by atoms with Crippen molar-refractivity contribution in [2.75, 3.05) is 52.9 Å². The van der Waals surface area contributed by atoms with Crippen molar-refractivity contribution in [3.05, 3.63) is 0 Å². The Balaban J connectivity index is -0.000000112. The minimum absolute atomic E-state index is 0.00704. The van der Waals surface area contributed by atoms with Gasteiger partial charge in [0, 0.05) is 38.5 Å². The molecular weight excluding hydrogens is 1960 g/mol. The molecule has 0 rings (SSSR count). The van der Waals surface area contributed by atoms with Crippen LogP contribution in [0.25, 0.3) is 0 Å². The van der Waals surface area contributed by atoms with E-state index in [-0.39, 0.29) is 188 Å². The zero-order valence-electron chi connectivity index (χ0n) is 102. The van der Waals surface area contributed by atoms with Gasteiger partial charge in [0.25, 0.3) is 0 Å². The van der Waals surface area contributed by atoms with Gasteiger partial charge < -0.3 is 117 Å². The van der Waals surface area contributed by atoms with Crippen LogP contribution in [0.3, 0.4) is 0 Å². The summed E-state index contributed by atoms with van der Waals surface area (Å²) in [6.07, 6.45) is -2.31. The van der Waals surface area contributed by atoms with Gasteiger partial charge in [0.1, 0.15) is 87.5 Å². The summed E-state index contributed by atoms with van der Waals surface area (Å²) in [6.45, 7) is 93.3. The van der Waals surface area contributed by atoms with Crippen LogP contribution in [0.5, 0.6) is 0 Å². The lowest BCUT2D eigenvalue weighted by molar-refractivity contribution is -0.160. The molecule has 10 atom stereocenters. The van der Waals surface area contributed by atoms with Crippen molar-refractivity contribution >= 4 is 95.5 Å². The van der Waals surface area contributed by atoms with E-state index in [0.717, 1.165) is 6.42 Å². The molecule has 0 aliphatic rings. The lowest BCUT2D eigenvalue weighted by Crippen LogP contribution is -2.29. The van der Waals surface area contributed by atoms with Crippen LogP contribution in [0.1, 0.15) is 386 Å². The second-order valence-electron chi connectivity index (χ2n) is 42.2. The number of hydrogen-bond donors (Lipinski definition) is 8. The fourth-order valence-electron chi connectivity index (χ4n) is 7.48. The van der Waals surface area contributed by atoms with Gasteiger partial charge in [-0.2, -0.15) is 0 Å². The molecule has 0 saturated carbocycles. The Morgan fingerprint density at radius 3 is 0.600 bits per heavy atom. The largest absolute Gasteiger partial charge is 0.464 e. The molecule has 10 unspecified atom stereocenters. The maximum atomic E-state index is 11.4. The van der Waals surface area contributed by atoms with Gasteiger partial charge in [0.15, 0.2) is 0 Å². The van der Waals surface area contributed by atoms with Crippen LogP contribution in [0, 0.1) is 81.8 Å². The summed E-state index contributed by atoms with van der Waals surface area (Å²) in [6, 6.07) is 0. The molecule has 0 spiro atoms. The highest BCUT2D eigenvalue weighted by Gasteiger charge is 2.28. The summed E-state index contributed by atoms with van der Waals surface area (Å²) < 4.78 is 77.7. The number of esters is 16. The van der Waals surface area contributed by atoms with E-state index in [4.69, 9.17) is 102 Å². The van der Waals surface area contributed by atoms with Gasteiger partial charge in [0.05, 0.1) is 85.7 Å². The molecule has 0 heterocycles. The molecule has 0 fully saturated rings. The van der Waals surface area contributed by atoms with Crippen LogP contribution in [0.15, 0.2) is 0 Å². The third-order valence-electron chi connectivity index (χ3n) is 17.8. The lowest BCUT2D eigenvalue weighted by Gasteiger charge is -2.22. The van der Waals surface area contributed by atoms with E-state index in [1.165, 1.54) is 41.5 Å². The average molecular weight is 2180 g/mol. The smallest absolute Gasteiger partial charge is 0.334 e. The first-order valence-corrected chi connectivity index (χ1v) is 52.1. The number of rotatable bonds is 42. The zero-order chi connectivity index (χ0) is 122. The van der Waals surface area contributed by atoms with Gasteiger partial charge in [-0.15, -0.1) is 0 Å². The molecule has 0 aliphatic carbocycles. The third-order valence-corrected chi connectivity index (χ3v) is 17.8. The topological polar surface area (TPSA) is 583 Å². The number of carbonyl (C=O) groups is 16. The van der Waals surface area contributed by atoms with Crippen molar-refractivity contribution in [1.82, 2.24) is 0 Å². The van der Waals surface area contributed by atoms with Crippen molar-refractivity contribution < 1.29 is 193 Å². The van der Waals surface area contributed by atoms with Gasteiger partial charge in [0.2, 0.25) is 0 Å². The molecule has 40 nitrogen and oxygen atoms in total. The Labute approximate surface area is 902 Å². The molecule has 0 saturated heterocycles. The second kappa shape index (κ2) is 102. The Morgan fingerprint density at radius 1 is 0.220 bits per heavy atom. The third kappa shape index (κ3) is 137. The van der Waals surface area contributed by atoms with Gasteiger partial charge in [-0.05, 0) is 254 Å². The Hall–Kier alpha value is -8.80. The summed E-state index contributed by atoms with van der Waals surface area (Å²) in [7, 11) is 0. The minimum Gasteiger partial charge on any atom is -0.464 e. The molecule has 0 amide bonds. The quantitative estimate of drug-likeness (QED) is 0.0208. The SMILES string of the molecule is CC(=O)OC(C)C.CC(=O)OC(C)C(C)C.CC(C)C(=O)OC(C)C(C)C.CC(C)C(C)OC(=O)C(C)(C)C.CC(C)C(C)OC(=O)CO.CC(C)CC(COC(=O)C(C)O)COC(=O)C(C)O.CC(C)CC(COC(=O)CO)COC(=O)CO.CC(C)OC(=O)C(C)(C)C.CC(C)OC(=O)C(C)C.CC(C)OC(=O)C(C)O.CC(C)OC(=O)CO.CC(O)C(=O)OC(C)C(C)C.CCC(=O)OC(C)C.CCC(=O)OC(C)C(C)C. The Bertz CT molecular complexity index is 3270. The number of carbonyl (C=O) groups excluding carboxylic acids is 16. The van der Waals surface area contributed by atoms with Crippen LogP contribution in [0.4, 0.5) is 0 Å². The van der Waals surface area contributed by atoms with E-state index in [0.29, 0.717) is 60.7 Å². The fraction of sp³-hybridized carbons (Fsp3) is 0.855. The molecule has 40 heteroatoms. The molecular formula is C110H216O40. The van der Waals surface area contributed by atoms with Crippen molar-refractivity contribution in [1.29, 1.82) is 0 Å². The highest BCUT2D eigenvalue weighted by Crippen LogP contribution is 2.21. The van der Waals surface area contributed by atoms with Crippen LogP contribution in [0.2, 0.25) is 0 Å². The summed E-state index contributed by atoms with van der Waals surface area (Å²) in [5, 5.41) is 68.8. The monoisotopic (exact) mass is 2180 g/mol. The van der Waals surface area contributed by atoms with Gasteiger partial charge in [-0.1, -0.05) is 152 Å². The van der Waals surface area contributed by atoms with Crippen LogP contribution >= 0.6 is 0 Å². The summed E-state index contributed by atoms with van der Waals surface area (Å²) in [4.78, 5) is 171. The first-order valence-electron chi connectivity index (χ1n) is 52.1. The predicted molar refractivity (Wildman–Crippen MR) is 575 cm³/mol. The van der Waals surface area contributed by atoms with E-state index in [1.807, 2.05) is 270 Å². The fourth-order valence-corrected chi connectivity index (χ4v) is 7.48. The van der Waals surface area contributed by atoms with Crippen molar-refractivity contribution in [2.45, 2.75) is 483 Å². The molecule has 896 valence electrons. The normalized spacial score (nSPS) is 12.8. The summed E-state index contributed by atoms with van der Waals surface area (Å²) in [5.41, 5.74) is -0.757. The Morgan fingerprint density at radius 2 is 0.420 bits per heavy atom. The maximum Gasteiger partial charge on any atom is 0.334 e. The first-order chi connectivity index (χ1) is 67.9. The number of ether oxygens (including phenoxy) is 16. The van der Waals surface area contributed by atoms with E-state index < -0.39 is 98.6 Å². The molecule has 0 aromatic heterocycles. The molecule has 8 N–H and O–H groups in total. The van der Waals surface area contributed by atoms with Crippen LogP contribution < -0.4 is 0 Å². The standard InChI is InChI=1S/C13H24O6.C11H20O6.C10H20O2.C9H18O2.C8H16O3.2C8H16O2.C7H14O3.2C7H14O2.C6H12O3.C6H12O2.C5H10O3.C5H10O2/c1-8(2)5-11(6-18-12(16)9(3)14)7-19-13(17)10(4)15;1-8(2)3-9(6-16-10(14)4-12)7-17-11(15)5-13;1-7(2)8(3)12-9(11)10(4,5)6;1-6(2)8(5)11-9(10)7(3)4;1-5(2)7(4)11-8(10)6(3)9;1-6(2)10-7(9)8(3,4)5;1-5-8(9)10-7(4)6(2)3;1-5(2)6(3)10-7(9)4-8;1-5(2)6(3)9-7(4)8;1-5(2)7(8)9-6(3)4;1-4(2)9-6(8)5(3)7;1-4-6(7)8-5(2)3;1-4(2)8-5(7)3-6;1-4(2)7-5(3)6/h8-11,14-15H,5-7H2,1-4H3;8-9,12-13H,3-7H2,1-2H3;7-8H,1-6H3;6-8H,1-5H3;5-7,9H,1-4H3;6H,1-5H3;6-7H,5H2,1-4H3;5-6,8H,4H2,1-3H3;2*5-6H,1-4H3;4-5,7H,1-3H3;5H,4H2,1-3H3;4,6H,3H2,1-2H3;4H,1-3H3. The second-order valence-corrected chi connectivity index (χ2v) is 42.2. The summed E-state index contributed by atoms with van der Waals surface area (Å²) in [5.74, 6) is -3.55. The highest BCUT2D eigenvalue weighted by molar-refractivity contribution is 5.78. The summed E-state index contributed by atoms with van der Waals surface area (Å²) >= 11 is 0. The van der Waals surface area contributed by atoms with E-state index in [1.54, 1.807) is 48.5 Å². The lowest BCUT2D eigenvalue weighted by atomic mass is 9.97. The highest BCUT2D eigenvalue weighted by atomic mass is 16.6. The molecule has 0 aliphatic heterocycles. The van der Waals surface area contributed by atoms with Crippen LogP contribution in [-0.4, -0.2) is 287 Å². The van der Waals surface area contributed by atoms with Gasteiger partial charge >= 0.3 is 95.5 Å². The van der Waals surface area contributed by atoms with Crippen molar-refractivity contribution in [3.63, 3.8) is 0 Å². The molecule has 0 aromatic carbocycles. The minimum atomic E-state index is -1.17. The number of aliphatic hydroxyl groups is 8. The van der Waals surface area contributed by atoms with Crippen molar-refractivity contribution in [3.8, 4) is 0 Å². The maximum absolute atomic E-state index is 11.4. The molecule has 0 bridgehead atoms. The zero-order valence-corrected chi connectivity index (χ0v) is 102. The molecule has 150 heavy (non-hydrogen) atoms. The van der Waals surface area contributed by atoms with Gasteiger partial charge in [-0.25, -0.2) is 38.4 Å². The number of hydrogen-bond acceptors (Lipinski definition) is 40. The molecule has 0 aromatic rings. The molecule has 0 radical (unpaired) electrons.